The lowest BCUT2D eigenvalue weighted by Crippen LogP contribution is -2.33. The van der Waals surface area contributed by atoms with Crippen molar-refractivity contribution in [3.63, 3.8) is 0 Å². The Balaban J connectivity index is 2.40. The smallest absolute Gasteiger partial charge is 0.243 e. The summed E-state index contributed by atoms with van der Waals surface area (Å²) < 4.78 is 31.8. The number of alkyl halides is 1. The quantitative estimate of drug-likeness (QED) is 0.803. The molecule has 0 spiro atoms. The molecule has 1 atom stereocenters. The molecule has 0 aliphatic carbocycles. The van der Waals surface area contributed by atoms with Crippen LogP contribution in [0.25, 0.3) is 0 Å². The van der Waals surface area contributed by atoms with E-state index in [0.29, 0.717) is 17.9 Å². The van der Waals surface area contributed by atoms with Gasteiger partial charge in [0.15, 0.2) is 0 Å². The number of ether oxygens (including phenoxy) is 1. The van der Waals surface area contributed by atoms with Crippen LogP contribution in [0, 0.1) is 0 Å². The zero-order valence-corrected chi connectivity index (χ0v) is 12.7. The molecule has 1 aliphatic rings. The van der Waals surface area contributed by atoms with Gasteiger partial charge in [-0.3, -0.25) is 0 Å². The lowest BCUT2D eigenvalue weighted by atomic mass is 10.2. The molecule has 1 heterocycles. The molecule has 1 unspecified atom stereocenters. The Morgan fingerprint density at radius 2 is 2.21 bits per heavy atom. The fraction of sp³-hybridized carbons (Fsp3) is 0.538. The largest absolute Gasteiger partial charge is 0.496 e. The Hall–Kier alpha value is -0.780. The zero-order chi connectivity index (χ0) is 14.0. The topological polar surface area (TPSA) is 46.6 Å². The van der Waals surface area contributed by atoms with Crippen LogP contribution in [0.15, 0.2) is 23.1 Å². The number of methoxy groups -OCH3 is 1. The maximum Gasteiger partial charge on any atom is 0.243 e. The summed E-state index contributed by atoms with van der Waals surface area (Å²) in [5.74, 6) is 0.839. The van der Waals surface area contributed by atoms with E-state index in [1.165, 1.54) is 0 Å². The molecule has 2 rings (SSSR count). The number of hydrogen-bond acceptors (Lipinski definition) is 3. The third-order valence-corrected chi connectivity index (χ3v) is 5.79. The molecule has 0 N–H and O–H groups in total. The van der Waals surface area contributed by atoms with Gasteiger partial charge in [-0.05, 0) is 38.0 Å². The number of hydrogen-bond donors (Lipinski definition) is 0. The fourth-order valence-electron chi connectivity index (χ4n) is 2.42. The Morgan fingerprint density at radius 1 is 1.47 bits per heavy atom. The van der Waals surface area contributed by atoms with Crippen LogP contribution < -0.4 is 4.74 Å². The van der Waals surface area contributed by atoms with Crippen molar-refractivity contribution in [1.82, 2.24) is 4.31 Å². The second-order valence-corrected chi connectivity index (χ2v) is 6.87. The highest BCUT2D eigenvalue weighted by Gasteiger charge is 2.32. The molecule has 0 amide bonds. The van der Waals surface area contributed by atoms with Gasteiger partial charge in [0, 0.05) is 18.2 Å². The first-order valence-electron chi connectivity index (χ1n) is 6.25. The number of benzene rings is 1. The average Bonchev–Trinajstić information content (AvgIpc) is 2.84. The predicted octanol–water partition coefficient (Wildman–Crippen LogP) is 2.61. The third kappa shape index (κ3) is 2.73. The third-order valence-electron chi connectivity index (χ3n) is 3.49. The summed E-state index contributed by atoms with van der Waals surface area (Å²) in [7, 11) is -1.88. The van der Waals surface area contributed by atoms with Gasteiger partial charge in [-0.15, -0.1) is 11.6 Å². The van der Waals surface area contributed by atoms with Crippen molar-refractivity contribution in [2.24, 2.45) is 0 Å². The van der Waals surface area contributed by atoms with E-state index in [-0.39, 0.29) is 16.8 Å². The zero-order valence-electron chi connectivity index (χ0n) is 11.1. The first-order chi connectivity index (χ1) is 9.00. The van der Waals surface area contributed by atoms with Crippen LogP contribution in [0.3, 0.4) is 0 Å². The van der Waals surface area contributed by atoms with E-state index in [1.54, 1.807) is 29.6 Å². The van der Waals surface area contributed by atoms with Crippen molar-refractivity contribution in [3.8, 4) is 5.75 Å². The van der Waals surface area contributed by atoms with Gasteiger partial charge in [0.2, 0.25) is 10.0 Å². The lowest BCUT2D eigenvalue weighted by Gasteiger charge is -2.21. The van der Waals surface area contributed by atoms with E-state index >= 15 is 0 Å². The summed E-state index contributed by atoms with van der Waals surface area (Å²) in [6.07, 6.45) is 1.83. The van der Waals surface area contributed by atoms with Gasteiger partial charge >= 0.3 is 0 Å². The summed E-state index contributed by atoms with van der Waals surface area (Å²) >= 11 is 5.83. The van der Waals surface area contributed by atoms with E-state index in [4.69, 9.17) is 16.3 Å². The summed E-state index contributed by atoms with van der Waals surface area (Å²) in [5.41, 5.74) is 0.692. The van der Waals surface area contributed by atoms with Gasteiger partial charge in [0.05, 0.1) is 17.9 Å². The number of nitrogens with zero attached hydrogens (tertiary/aromatic N) is 1. The SMILES string of the molecule is COc1ccc(S(=O)(=O)N2CCCC2C)cc1CCl. The van der Waals surface area contributed by atoms with Crippen molar-refractivity contribution in [2.75, 3.05) is 13.7 Å². The monoisotopic (exact) mass is 303 g/mol. The molecule has 1 fully saturated rings. The summed E-state index contributed by atoms with van der Waals surface area (Å²) in [4.78, 5) is 0.290. The highest BCUT2D eigenvalue weighted by Crippen LogP contribution is 2.29. The standard InChI is InChI=1S/C13H18ClNO3S/c1-10-4-3-7-15(10)19(16,17)12-5-6-13(18-2)11(8-12)9-14/h5-6,8,10H,3-4,7,9H2,1-2H3. The lowest BCUT2D eigenvalue weighted by molar-refractivity contribution is 0.405. The first-order valence-corrected chi connectivity index (χ1v) is 8.23. The summed E-state index contributed by atoms with van der Waals surface area (Å²) in [5, 5.41) is 0. The van der Waals surface area contributed by atoms with Crippen molar-refractivity contribution < 1.29 is 13.2 Å². The van der Waals surface area contributed by atoms with Gasteiger partial charge in [-0.2, -0.15) is 4.31 Å². The van der Waals surface area contributed by atoms with Crippen LogP contribution in [0.2, 0.25) is 0 Å². The molecule has 6 heteroatoms. The van der Waals surface area contributed by atoms with Crippen LogP contribution in [0.5, 0.6) is 5.75 Å². The molecule has 19 heavy (non-hydrogen) atoms. The highest BCUT2D eigenvalue weighted by atomic mass is 35.5. The molecular weight excluding hydrogens is 286 g/mol. The predicted molar refractivity (Wildman–Crippen MR) is 75.1 cm³/mol. The molecule has 0 bridgehead atoms. The number of sulfonamides is 1. The molecule has 1 aromatic rings. The van der Waals surface area contributed by atoms with E-state index in [0.717, 1.165) is 12.8 Å². The van der Waals surface area contributed by atoms with Crippen molar-refractivity contribution in [3.05, 3.63) is 23.8 Å². The van der Waals surface area contributed by atoms with E-state index in [2.05, 4.69) is 0 Å². The van der Waals surface area contributed by atoms with Crippen LogP contribution in [0.1, 0.15) is 25.3 Å². The summed E-state index contributed by atoms with van der Waals surface area (Å²) in [6.45, 7) is 2.53. The number of halogens is 1. The molecule has 0 radical (unpaired) electrons. The van der Waals surface area contributed by atoms with Crippen molar-refractivity contribution in [1.29, 1.82) is 0 Å². The fourth-order valence-corrected chi connectivity index (χ4v) is 4.38. The van der Waals surface area contributed by atoms with E-state index in [9.17, 15) is 8.42 Å². The van der Waals surface area contributed by atoms with Crippen molar-refractivity contribution in [2.45, 2.75) is 36.6 Å². The Morgan fingerprint density at radius 3 is 2.74 bits per heavy atom. The maximum atomic E-state index is 12.6. The Labute approximate surface area is 119 Å². The molecule has 0 aromatic heterocycles. The van der Waals surface area contributed by atoms with Crippen LogP contribution in [-0.4, -0.2) is 32.4 Å². The highest BCUT2D eigenvalue weighted by molar-refractivity contribution is 7.89. The van der Waals surface area contributed by atoms with Gasteiger partial charge in [-0.25, -0.2) is 8.42 Å². The van der Waals surface area contributed by atoms with Crippen LogP contribution in [-0.2, 0) is 15.9 Å². The number of rotatable bonds is 4. The molecule has 0 saturated carbocycles. The molecule has 106 valence electrons. The normalized spacial score (nSPS) is 20.7. The van der Waals surface area contributed by atoms with Crippen LogP contribution in [0.4, 0.5) is 0 Å². The molecule has 1 aromatic carbocycles. The summed E-state index contributed by atoms with van der Waals surface area (Å²) in [6, 6.07) is 4.90. The second kappa shape index (κ2) is 5.69. The molecule has 1 aliphatic heterocycles. The minimum absolute atomic E-state index is 0.0616. The average molecular weight is 304 g/mol. The van der Waals surface area contributed by atoms with E-state index < -0.39 is 10.0 Å². The van der Waals surface area contributed by atoms with Crippen molar-refractivity contribution >= 4 is 21.6 Å². The van der Waals surface area contributed by atoms with Gasteiger partial charge in [0.25, 0.3) is 0 Å². The minimum atomic E-state index is -3.43. The Bertz CT molecular complexity index is 559. The van der Waals surface area contributed by atoms with Crippen LogP contribution >= 0.6 is 11.6 Å². The minimum Gasteiger partial charge on any atom is -0.496 e. The van der Waals surface area contributed by atoms with Gasteiger partial charge in [0.1, 0.15) is 5.75 Å². The van der Waals surface area contributed by atoms with E-state index in [1.807, 2.05) is 6.92 Å². The van der Waals surface area contributed by atoms with Gasteiger partial charge in [-0.1, -0.05) is 0 Å². The Kier molecular flexibility index (Phi) is 4.38. The van der Waals surface area contributed by atoms with Gasteiger partial charge < -0.3 is 4.74 Å². The molecular formula is C13H18ClNO3S. The molecule has 4 nitrogen and oxygen atoms in total. The first kappa shape index (κ1) is 14.6. The second-order valence-electron chi connectivity index (χ2n) is 4.71. The maximum absolute atomic E-state index is 12.6. The molecule has 1 saturated heterocycles.